The second-order valence-electron chi connectivity index (χ2n) is 8.86. The quantitative estimate of drug-likeness (QED) is 0.331. The molecule has 0 aliphatic carbocycles. The number of thiazole rings is 1. The zero-order valence-corrected chi connectivity index (χ0v) is 22.4. The van der Waals surface area contributed by atoms with Crippen molar-refractivity contribution in [3.63, 3.8) is 0 Å². The molecule has 0 saturated heterocycles. The topological polar surface area (TPSA) is 105 Å². The van der Waals surface area contributed by atoms with Crippen molar-refractivity contribution in [2.45, 2.75) is 39.5 Å². The Bertz CT molecular complexity index is 1670. The Balaban J connectivity index is 1.55. The maximum absolute atomic E-state index is 13.8. The highest BCUT2D eigenvalue weighted by Crippen LogP contribution is 2.35. The molecule has 39 heavy (non-hydrogen) atoms. The number of carbonyl (C=O) groups excluding carboxylic acids is 2. The zero-order valence-electron chi connectivity index (χ0n) is 21.6. The van der Waals surface area contributed by atoms with Crippen LogP contribution >= 0.6 is 11.3 Å². The van der Waals surface area contributed by atoms with Crippen LogP contribution in [0.5, 0.6) is 5.75 Å². The first-order valence-electron chi connectivity index (χ1n) is 12.4. The summed E-state index contributed by atoms with van der Waals surface area (Å²) in [6, 6.07) is 15.7. The van der Waals surface area contributed by atoms with Crippen LogP contribution in [0.4, 0.5) is 0 Å². The van der Waals surface area contributed by atoms with E-state index in [1.54, 1.807) is 44.2 Å². The molecule has 2 aliphatic rings. The largest absolute Gasteiger partial charge is 0.463 e. The van der Waals surface area contributed by atoms with Gasteiger partial charge in [0.2, 0.25) is 6.29 Å². The van der Waals surface area contributed by atoms with Gasteiger partial charge in [0.1, 0.15) is 18.1 Å². The van der Waals surface area contributed by atoms with Gasteiger partial charge in [-0.2, -0.15) is 0 Å². The highest BCUT2D eigenvalue weighted by molar-refractivity contribution is 7.07. The fraction of sp³-hybridized carbons (Fsp3) is 0.241. The molecule has 10 heteroatoms. The van der Waals surface area contributed by atoms with Gasteiger partial charge in [-0.15, -0.1) is 0 Å². The Morgan fingerprint density at radius 3 is 2.69 bits per heavy atom. The smallest absolute Gasteiger partial charge is 0.338 e. The fourth-order valence-corrected chi connectivity index (χ4v) is 5.47. The lowest BCUT2D eigenvalue weighted by Gasteiger charge is -2.24. The first-order valence-corrected chi connectivity index (χ1v) is 13.2. The lowest BCUT2D eigenvalue weighted by atomic mass is 10.0. The number of hydrogen-bond acceptors (Lipinski definition) is 9. The molecule has 2 unspecified atom stereocenters. The molecular weight excluding hydrogens is 520 g/mol. The van der Waals surface area contributed by atoms with Crippen molar-refractivity contribution < 1.29 is 28.5 Å². The summed E-state index contributed by atoms with van der Waals surface area (Å²) in [5, 5.41) is 0. The van der Waals surface area contributed by atoms with Crippen LogP contribution in [-0.4, -0.2) is 29.4 Å². The van der Waals surface area contributed by atoms with E-state index in [0.29, 0.717) is 38.5 Å². The standard InChI is InChI=1S/C29H26N2O7S/c1-4-35-28(34)25-17(2)30-29-31(26(25)22-16-36-24(38-22)15-19-9-6-5-7-10-19)27(33)23(39-29)14-20-11-8-12-21(13-20)37-18(3)32/h5-14,16,24,26H,4,15H2,1-3H3. The van der Waals surface area contributed by atoms with E-state index in [1.165, 1.54) is 29.1 Å². The normalized spacial score (nSPS) is 18.4. The van der Waals surface area contributed by atoms with E-state index >= 15 is 0 Å². The van der Waals surface area contributed by atoms with Crippen molar-refractivity contribution in [2.24, 2.45) is 4.99 Å². The van der Waals surface area contributed by atoms with Crippen LogP contribution in [0.2, 0.25) is 0 Å². The maximum Gasteiger partial charge on any atom is 0.338 e. The number of fused-ring (bicyclic) bond motifs is 1. The van der Waals surface area contributed by atoms with Crippen molar-refractivity contribution in [1.29, 1.82) is 0 Å². The minimum absolute atomic E-state index is 0.165. The second kappa shape index (κ2) is 11.1. The lowest BCUT2D eigenvalue weighted by molar-refractivity contribution is -0.139. The van der Waals surface area contributed by atoms with Crippen molar-refractivity contribution in [3.8, 4) is 5.75 Å². The number of allylic oxidation sites excluding steroid dienone is 2. The fourth-order valence-electron chi connectivity index (χ4n) is 4.42. The van der Waals surface area contributed by atoms with Crippen LogP contribution in [-0.2, 0) is 30.2 Å². The van der Waals surface area contributed by atoms with Crippen LogP contribution in [0, 0.1) is 0 Å². The van der Waals surface area contributed by atoms with E-state index in [0.717, 1.165) is 5.56 Å². The Morgan fingerprint density at radius 1 is 1.15 bits per heavy atom. The highest BCUT2D eigenvalue weighted by Gasteiger charge is 2.39. The third-order valence-electron chi connectivity index (χ3n) is 6.05. The summed E-state index contributed by atoms with van der Waals surface area (Å²) in [6.07, 6.45) is 3.02. The molecule has 0 spiro atoms. The minimum atomic E-state index is -0.907. The molecule has 0 amide bonds. The summed E-state index contributed by atoms with van der Waals surface area (Å²) in [7, 11) is 0. The molecule has 2 atom stereocenters. The molecule has 0 N–H and O–H groups in total. The van der Waals surface area contributed by atoms with E-state index in [9.17, 15) is 14.4 Å². The van der Waals surface area contributed by atoms with Gasteiger partial charge in [0.25, 0.3) is 5.56 Å². The molecule has 0 fully saturated rings. The summed E-state index contributed by atoms with van der Waals surface area (Å²) >= 11 is 1.18. The minimum Gasteiger partial charge on any atom is -0.463 e. The van der Waals surface area contributed by atoms with Gasteiger partial charge in [-0.05, 0) is 43.2 Å². The summed E-state index contributed by atoms with van der Waals surface area (Å²) in [4.78, 5) is 43.2. The van der Waals surface area contributed by atoms with Crippen LogP contribution in [0.3, 0.4) is 0 Å². The van der Waals surface area contributed by atoms with Gasteiger partial charge < -0.3 is 18.9 Å². The van der Waals surface area contributed by atoms with Crippen molar-refractivity contribution in [3.05, 3.63) is 109 Å². The zero-order chi connectivity index (χ0) is 27.5. The number of ether oxygens (including phenoxy) is 4. The molecule has 9 nitrogen and oxygen atoms in total. The van der Waals surface area contributed by atoms with Crippen molar-refractivity contribution >= 4 is 29.4 Å². The van der Waals surface area contributed by atoms with Gasteiger partial charge >= 0.3 is 11.9 Å². The van der Waals surface area contributed by atoms with E-state index in [4.69, 9.17) is 18.9 Å². The molecule has 2 aromatic carbocycles. The molecule has 0 saturated carbocycles. The van der Waals surface area contributed by atoms with Crippen LogP contribution in [0.15, 0.2) is 87.7 Å². The van der Waals surface area contributed by atoms with Gasteiger partial charge in [-0.3, -0.25) is 14.2 Å². The number of esters is 2. The predicted octanol–water partition coefficient (Wildman–Crippen LogP) is 3.13. The first kappa shape index (κ1) is 26.2. The molecule has 1 aromatic heterocycles. The average molecular weight is 547 g/mol. The van der Waals surface area contributed by atoms with Crippen LogP contribution < -0.4 is 19.6 Å². The van der Waals surface area contributed by atoms with Gasteiger partial charge in [-0.25, -0.2) is 9.79 Å². The molecule has 0 radical (unpaired) electrons. The SMILES string of the molecule is CCOC(=O)C1=C(C)N=c2sc(=Cc3cccc(OC(C)=O)c3)c(=O)n2C1C1=COC(Cc2ccccc2)O1. The van der Waals surface area contributed by atoms with E-state index < -0.39 is 24.3 Å². The number of aromatic nitrogens is 1. The summed E-state index contributed by atoms with van der Waals surface area (Å²) < 4.78 is 24.3. The summed E-state index contributed by atoms with van der Waals surface area (Å²) in [5.74, 6) is -0.333. The van der Waals surface area contributed by atoms with E-state index in [-0.39, 0.29) is 17.7 Å². The molecule has 200 valence electrons. The van der Waals surface area contributed by atoms with Gasteiger partial charge in [-0.1, -0.05) is 53.8 Å². The number of rotatable bonds is 7. The molecular formula is C29H26N2O7S. The van der Waals surface area contributed by atoms with Gasteiger partial charge in [0, 0.05) is 13.3 Å². The number of nitrogens with zero attached hydrogens (tertiary/aromatic N) is 2. The number of benzene rings is 2. The third kappa shape index (κ3) is 5.56. The van der Waals surface area contributed by atoms with Gasteiger partial charge in [0.15, 0.2) is 10.6 Å². The molecule has 3 aromatic rings. The maximum atomic E-state index is 13.8. The average Bonchev–Trinajstić information content (AvgIpc) is 3.48. The Labute approximate surface area is 227 Å². The molecule has 0 bridgehead atoms. The van der Waals surface area contributed by atoms with E-state index in [1.807, 2.05) is 30.3 Å². The Kier molecular flexibility index (Phi) is 7.47. The number of hydrogen-bond donors (Lipinski definition) is 0. The predicted molar refractivity (Wildman–Crippen MR) is 143 cm³/mol. The lowest BCUT2D eigenvalue weighted by Crippen LogP contribution is -2.40. The first-order chi connectivity index (χ1) is 18.8. The van der Waals surface area contributed by atoms with E-state index in [2.05, 4.69) is 4.99 Å². The Morgan fingerprint density at radius 2 is 1.95 bits per heavy atom. The Hall–Kier alpha value is -4.44. The molecule has 3 heterocycles. The van der Waals surface area contributed by atoms with Crippen molar-refractivity contribution in [2.75, 3.05) is 6.61 Å². The highest BCUT2D eigenvalue weighted by atomic mass is 32.1. The van der Waals surface area contributed by atoms with Crippen LogP contribution in [0.1, 0.15) is 37.9 Å². The molecule has 5 rings (SSSR count). The van der Waals surface area contributed by atoms with Crippen LogP contribution in [0.25, 0.3) is 6.08 Å². The monoisotopic (exact) mass is 546 g/mol. The van der Waals surface area contributed by atoms with Gasteiger partial charge in [0.05, 0.1) is 22.4 Å². The summed E-state index contributed by atoms with van der Waals surface area (Å²) in [6.45, 7) is 4.91. The second-order valence-corrected chi connectivity index (χ2v) is 9.87. The third-order valence-corrected chi connectivity index (χ3v) is 7.04. The number of carbonyl (C=O) groups is 2. The molecule has 2 aliphatic heterocycles. The summed E-state index contributed by atoms with van der Waals surface area (Å²) in [5.41, 5.74) is 1.97. The van der Waals surface area contributed by atoms with Crippen molar-refractivity contribution in [1.82, 2.24) is 4.57 Å².